The van der Waals surface area contributed by atoms with Gasteiger partial charge in [-0.25, -0.2) is 9.97 Å². The van der Waals surface area contributed by atoms with E-state index in [2.05, 4.69) is 20.6 Å². The van der Waals surface area contributed by atoms with Crippen LogP contribution < -0.4 is 20.1 Å². The molecule has 0 bridgehead atoms. The highest BCUT2D eigenvalue weighted by Gasteiger charge is 2.10. The first-order valence-corrected chi connectivity index (χ1v) is 8.33. The molecule has 1 aromatic heterocycles. The highest BCUT2D eigenvalue weighted by molar-refractivity contribution is 5.92. The standard InChI is InChI=1S/C20H20N4O3/c1-26-15-8-9-16(18(10-15)27-2)24-19-13-21-17(12-22-19)20(25)23-11-14-6-4-3-5-7-14/h3-10,12-13H,11H2,1-2H3,(H,22,24)(H,23,25). The van der Waals surface area contributed by atoms with Gasteiger partial charge in [0.2, 0.25) is 0 Å². The Balaban J connectivity index is 1.64. The summed E-state index contributed by atoms with van der Waals surface area (Å²) in [6.45, 7) is 0.435. The third kappa shape index (κ3) is 4.72. The number of nitrogens with zero attached hydrogens (tertiary/aromatic N) is 2. The zero-order chi connectivity index (χ0) is 19.1. The van der Waals surface area contributed by atoms with E-state index in [1.807, 2.05) is 42.5 Å². The molecule has 1 amide bonds. The molecule has 2 aromatic carbocycles. The number of benzene rings is 2. The Bertz CT molecular complexity index is 899. The third-order valence-electron chi connectivity index (χ3n) is 3.85. The van der Waals surface area contributed by atoms with Crippen molar-refractivity contribution < 1.29 is 14.3 Å². The van der Waals surface area contributed by atoms with Gasteiger partial charge in [-0.15, -0.1) is 0 Å². The fraction of sp³-hybridized carbons (Fsp3) is 0.150. The summed E-state index contributed by atoms with van der Waals surface area (Å²) < 4.78 is 10.5. The molecule has 1 heterocycles. The summed E-state index contributed by atoms with van der Waals surface area (Å²) in [5.74, 6) is 1.52. The lowest BCUT2D eigenvalue weighted by atomic mass is 10.2. The fourth-order valence-electron chi connectivity index (χ4n) is 2.42. The lowest BCUT2D eigenvalue weighted by molar-refractivity contribution is 0.0945. The van der Waals surface area contributed by atoms with Crippen molar-refractivity contribution in [3.63, 3.8) is 0 Å². The van der Waals surface area contributed by atoms with E-state index in [0.717, 1.165) is 5.56 Å². The average molecular weight is 364 g/mol. The normalized spacial score (nSPS) is 10.1. The topological polar surface area (TPSA) is 85.4 Å². The van der Waals surface area contributed by atoms with Crippen LogP contribution in [0.15, 0.2) is 60.9 Å². The first-order chi connectivity index (χ1) is 13.2. The molecule has 138 valence electrons. The van der Waals surface area contributed by atoms with E-state index in [1.165, 1.54) is 12.4 Å². The smallest absolute Gasteiger partial charge is 0.271 e. The Morgan fingerprint density at radius 1 is 1.00 bits per heavy atom. The van der Waals surface area contributed by atoms with E-state index in [9.17, 15) is 4.79 Å². The number of aromatic nitrogens is 2. The van der Waals surface area contributed by atoms with E-state index >= 15 is 0 Å². The van der Waals surface area contributed by atoms with E-state index in [0.29, 0.717) is 29.5 Å². The number of hydrogen-bond donors (Lipinski definition) is 2. The number of methoxy groups -OCH3 is 2. The predicted octanol–water partition coefficient (Wildman–Crippen LogP) is 3.17. The molecular formula is C20H20N4O3. The van der Waals surface area contributed by atoms with Crippen molar-refractivity contribution in [2.75, 3.05) is 19.5 Å². The largest absolute Gasteiger partial charge is 0.497 e. The Morgan fingerprint density at radius 2 is 1.81 bits per heavy atom. The van der Waals surface area contributed by atoms with Gasteiger partial charge in [0.25, 0.3) is 5.91 Å². The molecule has 0 aliphatic rings. The SMILES string of the molecule is COc1ccc(Nc2cnc(C(=O)NCc3ccccc3)cn2)c(OC)c1. The highest BCUT2D eigenvalue weighted by atomic mass is 16.5. The van der Waals surface area contributed by atoms with E-state index in [1.54, 1.807) is 20.3 Å². The zero-order valence-corrected chi connectivity index (χ0v) is 15.1. The molecule has 7 heteroatoms. The maximum Gasteiger partial charge on any atom is 0.271 e. The highest BCUT2D eigenvalue weighted by Crippen LogP contribution is 2.30. The van der Waals surface area contributed by atoms with Crippen molar-refractivity contribution >= 4 is 17.4 Å². The van der Waals surface area contributed by atoms with Crippen molar-refractivity contribution in [2.24, 2.45) is 0 Å². The van der Waals surface area contributed by atoms with Crippen LogP contribution in [-0.2, 0) is 6.54 Å². The molecule has 0 saturated heterocycles. The number of amides is 1. The quantitative estimate of drug-likeness (QED) is 0.670. The van der Waals surface area contributed by atoms with Crippen LogP contribution in [0.4, 0.5) is 11.5 Å². The number of carbonyl (C=O) groups is 1. The summed E-state index contributed by atoms with van der Waals surface area (Å²) in [6.07, 6.45) is 2.93. The molecule has 27 heavy (non-hydrogen) atoms. The van der Waals surface area contributed by atoms with Gasteiger partial charge in [-0.2, -0.15) is 0 Å². The lowest BCUT2D eigenvalue weighted by Crippen LogP contribution is -2.24. The van der Waals surface area contributed by atoms with Crippen LogP contribution in [0, 0.1) is 0 Å². The van der Waals surface area contributed by atoms with Gasteiger partial charge in [0.15, 0.2) is 0 Å². The molecule has 2 N–H and O–H groups in total. The van der Waals surface area contributed by atoms with Crippen molar-refractivity contribution in [1.29, 1.82) is 0 Å². The Labute approximate surface area is 157 Å². The molecule has 0 radical (unpaired) electrons. The molecule has 0 aliphatic carbocycles. The minimum Gasteiger partial charge on any atom is -0.497 e. The summed E-state index contributed by atoms with van der Waals surface area (Å²) in [6, 6.07) is 15.1. The Hall–Kier alpha value is -3.61. The third-order valence-corrected chi connectivity index (χ3v) is 3.85. The van der Waals surface area contributed by atoms with Crippen LogP contribution in [0.25, 0.3) is 0 Å². The number of carbonyl (C=O) groups excluding carboxylic acids is 1. The molecule has 3 aromatic rings. The Kier molecular flexibility index (Phi) is 5.84. The van der Waals surface area contributed by atoms with Crippen LogP contribution in [-0.4, -0.2) is 30.1 Å². The summed E-state index contributed by atoms with van der Waals surface area (Å²) in [7, 11) is 3.17. The van der Waals surface area contributed by atoms with Crippen LogP contribution in [0.1, 0.15) is 16.1 Å². The zero-order valence-electron chi connectivity index (χ0n) is 15.1. The van der Waals surface area contributed by atoms with Crippen molar-refractivity contribution in [3.8, 4) is 11.5 Å². The number of nitrogens with one attached hydrogen (secondary N) is 2. The fourth-order valence-corrected chi connectivity index (χ4v) is 2.42. The molecular weight excluding hydrogens is 344 g/mol. The Morgan fingerprint density at radius 3 is 2.48 bits per heavy atom. The number of hydrogen-bond acceptors (Lipinski definition) is 6. The van der Waals surface area contributed by atoms with Gasteiger partial charge in [0.05, 0.1) is 32.3 Å². The minimum atomic E-state index is -0.278. The molecule has 0 aliphatic heterocycles. The number of ether oxygens (including phenoxy) is 2. The maximum atomic E-state index is 12.2. The second-order valence-electron chi connectivity index (χ2n) is 5.65. The van der Waals surface area contributed by atoms with E-state index in [-0.39, 0.29) is 11.6 Å². The maximum absolute atomic E-state index is 12.2. The summed E-state index contributed by atoms with van der Waals surface area (Å²) in [4.78, 5) is 20.6. The average Bonchev–Trinajstić information content (AvgIpc) is 2.73. The summed E-state index contributed by atoms with van der Waals surface area (Å²) in [5, 5.41) is 5.93. The van der Waals surface area contributed by atoms with Gasteiger partial charge < -0.3 is 20.1 Å². The molecule has 0 unspecified atom stereocenters. The molecule has 0 saturated carbocycles. The van der Waals surface area contributed by atoms with E-state index < -0.39 is 0 Å². The van der Waals surface area contributed by atoms with Gasteiger partial charge in [-0.1, -0.05) is 30.3 Å². The van der Waals surface area contributed by atoms with Gasteiger partial charge in [0.1, 0.15) is 23.0 Å². The number of rotatable bonds is 7. The molecule has 0 spiro atoms. The van der Waals surface area contributed by atoms with Crippen molar-refractivity contribution in [3.05, 3.63) is 72.2 Å². The van der Waals surface area contributed by atoms with E-state index in [4.69, 9.17) is 9.47 Å². The van der Waals surface area contributed by atoms with Gasteiger partial charge in [0, 0.05) is 12.6 Å². The summed E-state index contributed by atoms with van der Waals surface area (Å²) >= 11 is 0. The van der Waals surface area contributed by atoms with Crippen LogP contribution in [0.2, 0.25) is 0 Å². The van der Waals surface area contributed by atoms with Crippen LogP contribution in [0.3, 0.4) is 0 Å². The summed E-state index contributed by atoms with van der Waals surface area (Å²) in [5.41, 5.74) is 1.98. The predicted molar refractivity (Wildman–Crippen MR) is 102 cm³/mol. The first-order valence-electron chi connectivity index (χ1n) is 8.33. The molecule has 0 fully saturated rings. The van der Waals surface area contributed by atoms with Gasteiger partial charge in [-0.3, -0.25) is 4.79 Å². The van der Waals surface area contributed by atoms with Crippen LogP contribution >= 0.6 is 0 Å². The second-order valence-corrected chi connectivity index (χ2v) is 5.65. The number of anilines is 2. The molecule has 3 rings (SSSR count). The molecule has 7 nitrogen and oxygen atoms in total. The first kappa shape index (κ1) is 18.2. The van der Waals surface area contributed by atoms with Gasteiger partial charge >= 0.3 is 0 Å². The van der Waals surface area contributed by atoms with Crippen molar-refractivity contribution in [2.45, 2.75) is 6.54 Å². The van der Waals surface area contributed by atoms with Crippen LogP contribution in [0.5, 0.6) is 11.5 Å². The monoisotopic (exact) mass is 364 g/mol. The molecule has 0 atom stereocenters. The lowest BCUT2D eigenvalue weighted by Gasteiger charge is -2.12. The van der Waals surface area contributed by atoms with Gasteiger partial charge in [-0.05, 0) is 17.7 Å². The minimum absolute atomic E-state index is 0.248. The second kappa shape index (κ2) is 8.66. The van der Waals surface area contributed by atoms with Crippen molar-refractivity contribution in [1.82, 2.24) is 15.3 Å².